The van der Waals surface area contributed by atoms with Crippen LogP contribution in [0.15, 0.2) is 36.4 Å². The molecule has 1 heterocycles. The van der Waals surface area contributed by atoms with E-state index in [1.165, 1.54) is 13.2 Å². The zero-order valence-corrected chi connectivity index (χ0v) is 22.0. The number of carbonyl (C=O) groups is 3. The molecule has 0 radical (unpaired) electrons. The van der Waals surface area contributed by atoms with Gasteiger partial charge in [0.05, 0.1) is 48.4 Å². The van der Waals surface area contributed by atoms with Crippen LogP contribution in [0.5, 0.6) is 11.5 Å². The molecule has 0 aromatic heterocycles. The molecule has 0 saturated heterocycles. The van der Waals surface area contributed by atoms with Gasteiger partial charge in [0.1, 0.15) is 9.84 Å². The molecule has 11 heteroatoms. The van der Waals surface area contributed by atoms with Crippen LogP contribution in [-0.4, -0.2) is 81.8 Å². The van der Waals surface area contributed by atoms with Crippen LogP contribution in [-0.2, 0) is 14.6 Å². The molecule has 10 nitrogen and oxygen atoms in total. The van der Waals surface area contributed by atoms with E-state index in [0.717, 1.165) is 11.2 Å². The second-order valence-corrected chi connectivity index (χ2v) is 11.0. The van der Waals surface area contributed by atoms with Gasteiger partial charge >= 0.3 is 0 Å². The van der Waals surface area contributed by atoms with E-state index < -0.39 is 39.5 Å². The molecule has 0 spiro atoms. The molecule has 2 aromatic carbocycles. The maximum absolute atomic E-state index is 13.6. The number of rotatable bonds is 10. The van der Waals surface area contributed by atoms with E-state index in [9.17, 15) is 22.8 Å². The summed E-state index contributed by atoms with van der Waals surface area (Å²) in [6, 6.07) is 7.75. The van der Waals surface area contributed by atoms with Crippen LogP contribution < -0.4 is 14.8 Å². The predicted molar refractivity (Wildman–Crippen MR) is 135 cm³/mol. The standard InChI is InChI=1S/C25H31N3O7S/c1-7-35-21-13-16(11-12-20(21)34-5)19(14-36(6,32)33)28-24(30)17-9-8-10-18(22(17)25(28)31)26-23(29)15(2)27(3)4/h8-13,15,19H,7,14H2,1-6H3,(H,26,29). The highest BCUT2D eigenvalue weighted by atomic mass is 32.2. The Kier molecular flexibility index (Phi) is 8.05. The number of benzene rings is 2. The van der Waals surface area contributed by atoms with Crippen LogP contribution >= 0.6 is 0 Å². The third-order valence-electron chi connectivity index (χ3n) is 6.00. The molecule has 194 valence electrons. The average molecular weight is 518 g/mol. The molecule has 2 unspecified atom stereocenters. The third-order valence-corrected chi connectivity index (χ3v) is 6.92. The van der Waals surface area contributed by atoms with Crippen molar-refractivity contribution in [3.8, 4) is 11.5 Å². The first kappa shape index (κ1) is 27.2. The van der Waals surface area contributed by atoms with Crippen molar-refractivity contribution in [3.05, 3.63) is 53.1 Å². The largest absolute Gasteiger partial charge is 0.493 e. The van der Waals surface area contributed by atoms with Crippen molar-refractivity contribution >= 4 is 33.2 Å². The first-order valence-electron chi connectivity index (χ1n) is 11.4. The van der Waals surface area contributed by atoms with E-state index >= 15 is 0 Å². The monoisotopic (exact) mass is 517 g/mol. The number of methoxy groups -OCH3 is 1. The quantitative estimate of drug-likeness (QED) is 0.477. The molecule has 1 aliphatic heterocycles. The maximum Gasteiger partial charge on any atom is 0.264 e. The summed E-state index contributed by atoms with van der Waals surface area (Å²) in [5, 5.41) is 2.73. The Bertz CT molecular complexity index is 1290. The topological polar surface area (TPSA) is 122 Å². The van der Waals surface area contributed by atoms with Crippen molar-refractivity contribution < 1.29 is 32.3 Å². The Labute approximate surface area is 211 Å². The normalized spacial score (nSPS) is 15.0. The van der Waals surface area contributed by atoms with E-state index in [1.807, 2.05) is 0 Å². The molecule has 1 aliphatic rings. The minimum atomic E-state index is -3.63. The smallest absolute Gasteiger partial charge is 0.264 e. The number of nitrogens with one attached hydrogen (secondary N) is 1. The van der Waals surface area contributed by atoms with Gasteiger partial charge in [-0.05, 0) is 57.8 Å². The van der Waals surface area contributed by atoms with Gasteiger partial charge in [-0.15, -0.1) is 0 Å². The van der Waals surface area contributed by atoms with Crippen LogP contribution in [0.3, 0.4) is 0 Å². The number of fused-ring (bicyclic) bond motifs is 1. The highest BCUT2D eigenvalue weighted by Crippen LogP contribution is 2.38. The van der Waals surface area contributed by atoms with Gasteiger partial charge < -0.3 is 14.8 Å². The minimum absolute atomic E-state index is 0.0267. The Balaban J connectivity index is 2.08. The van der Waals surface area contributed by atoms with Gasteiger partial charge in [0, 0.05) is 6.26 Å². The Hall–Kier alpha value is -3.44. The summed E-state index contributed by atoms with van der Waals surface area (Å²) in [4.78, 5) is 42.4. The minimum Gasteiger partial charge on any atom is -0.493 e. The van der Waals surface area contributed by atoms with Crippen molar-refractivity contribution in [2.24, 2.45) is 0 Å². The number of ether oxygens (including phenoxy) is 2. The van der Waals surface area contributed by atoms with Crippen molar-refractivity contribution in [2.45, 2.75) is 25.9 Å². The summed E-state index contributed by atoms with van der Waals surface area (Å²) in [6.07, 6.45) is 1.04. The third kappa shape index (κ3) is 5.52. The summed E-state index contributed by atoms with van der Waals surface area (Å²) >= 11 is 0. The summed E-state index contributed by atoms with van der Waals surface area (Å²) in [6.45, 7) is 3.83. The number of anilines is 1. The van der Waals surface area contributed by atoms with Gasteiger partial charge in [-0.2, -0.15) is 0 Å². The molecule has 0 bridgehead atoms. The van der Waals surface area contributed by atoms with Crippen LogP contribution in [0.1, 0.15) is 46.2 Å². The highest BCUT2D eigenvalue weighted by molar-refractivity contribution is 7.90. The molecule has 0 fully saturated rings. The Morgan fingerprint density at radius 3 is 2.39 bits per heavy atom. The molecular formula is C25H31N3O7S. The zero-order chi connectivity index (χ0) is 26.8. The second-order valence-electron chi connectivity index (χ2n) is 8.79. The number of amides is 3. The van der Waals surface area contributed by atoms with Crippen molar-refractivity contribution in [2.75, 3.05) is 45.1 Å². The average Bonchev–Trinajstić information content (AvgIpc) is 3.07. The van der Waals surface area contributed by atoms with Crippen LogP contribution in [0.2, 0.25) is 0 Å². The van der Waals surface area contributed by atoms with Crippen LogP contribution in [0.25, 0.3) is 0 Å². The zero-order valence-electron chi connectivity index (χ0n) is 21.2. The number of imide groups is 1. The molecule has 3 rings (SSSR count). The Morgan fingerprint density at radius 2 is 1.81 bits per heavy atom. The first-order valence-corrected chi connectivity index (χ1v) is 13.4. The van der Waals surface area contributed by atoms with Gasteiger partial charge in [-0.3, -0.25) is 24.2 Å². The lowest BCUT2D eigenvalue weighted by Gasteiger charge is -2.27. The fourth-order valence-electron chi connectivity index (χ4n) is 3.94. The molecule has 0 aliphatic carbocycles. The van der Waals surface area contributed by atoms with Crippen LogP contribution in [0.4, 0.5) is 5.69 Å². The lowest BCUT2D eigenvalue weighted by atomic mass is 10.1. The van der Waals surface area contributed by atoms with Gasteiger partial charge in [-0.25, -0.2) is 8.42 Å². The molecular weight excluding hydrogens is 486 g/mol. The van der Waals surface area contributed by atoms with Gasteiger partial charge in [0.2, 0.25) is 5.91 Å². The summed E-state index contributed by atoms with van der Waals surface area (Å²) in [5.41, 5.74) is 0.701. The van der Waals surface area contributed by atoms with E-state index in [0.29, 0.717) is 23.7 Å². The molecule has 2 aromatic rings. The van der Waals surface area contributed by atoms with E-state index in [2.05, 4.69) is 5.32 Å². The first-order chi connectivity index (χ1) is 16.9. The fourth-order valence-corrected chi connectivity index (χ4v) is 4.85. The lowest BCUT2D eigenvalue weighted by Crippen LogP contribution is -2.38. The van der Waals surface area contributed by atoms with Crippen molar-refractivity contribution in [1.82, 2.24) is 9.80 Å². The Morgan fingerprint density at radius 1 is 1.11 bits per heavy atom. The highest BCUT2D eigenvalue weighted by Gasteiger charge is 2.43. The molecule has 2 atom stereocenters. The number of hydrogen-bond donors (Lipinski definition) is 1. The number of likely N-dealkylation sites (N-methyl/N-ethyl adjacent to an activating group) is 1. The second kappa shape index (κ2) is 10.7. The van der Waals surface area contributed by atoms with E-state index in [1.54, 1.807) is 63.2 Å². The molecule has 0 saturated carbocycles. The van der Waals surface area contributed by atoms with Gasteiger partial charge in [0.25, 0.3) is 11.8 Å². The van der Waals surface area contributed by atoms with Crippen molar-refractivity contribution in [3.63, 3.8) is 0 Å². The number of sulfone groups is 1. The van der Waals surface area contributed by atoms with Gasteiger partial charge in [-0.1, -0.05) is 12.1 Å². The number of carbonyl (C=O) groups excluding carboxylic acids is 3. The summed E-state index contributed by atoms with van der Waals surface area (Å²) in [5.74, 6) is -1.38. The molecule has 36 heavy (non-hydrogen) atoms. The van der Waals surface area contributed by atoms with Gasteiger partial charge in [0.15, 0.2) is 11.5 Å². The van der Waals surface area contributed by atoms with Crippen molar-refractivity contribution in [1.29, 1.82) is 0 Å². The predicted octanol–water partition coefficient (Wildman–Crippen LogP) is 2.36. The SMILES string of the molecule is CCOc1cc(C(CS(C)(=O)=O)N2C(=O)c3cccc(NC(=O)C(C)N(C)C)c3C2=O)ccc1OC. The van der Waals surface area contributed by atoms with E-state index in [-0.39, 0.29) is 22.7 Å². The summed E-state index contributed by atoms with van der Waals surface area (Å²) in [7, 11) is 1.34. The maximum atomic E-state index is 13.6. The van der Waals surface area contributed by atoms with Crippen LogP contribution in [0, 0.1) is 0 Å². The fraction of sp³-hybridized carbons (Fsp3) is 0.400. The van der Waals surface area contributed by atoms with E-state index in [4.69, 9.17) is 9.47 Å². The number of nitrogens with zero attached hydrogens (tertiary/aromatic N) is 2. The summed E-state index contributed by atoms with van der Waals surface area (Å²) < 4.78 is 35.7. The number of hydrogen-bond acceptors (Lipinski definition) is 8. The molecule has 1 N–H and O–H groups in total. The molecule has 3 amide bonds. The lowest BCUT2D eigenvalue weighted by molar-refractivity contribution is -0.119.